The lowest BCUT2D eigenvalue weighted by molar-refractivity contribution is 0.283. The first-order chi connectivity index (χ1) is 6.57. The first kappa shape index (κ1) is 11.5. The summed E-state index contributed by atoms with van der Waals surface area (Å²) in [7, 11) is 2.02. The minimum absolute atomic E-state index is 0.169. The zero-order chi connectivity index (χ0) is 10.6. The molecule has 0 aromatic rings. The molecule has 0 aromatic heterocycles. The van der Waals surface area contributed by atoms with Gasteiger partial charge in [0.05, 0.1) is 11.5 Å². The highest BCUT2D eigenvalue weighted by molar-refractivity contribution is 4.92. The topological polar surface area (TPSA) is 39.1 Å². The van der Waals surface area contributed by atoms with Crippen molar-refractivity contribution in [1.29, 1.82) is 5.26 Å². The number of hydrogen-bond acceptors (Lipinski definition) is 3. The fraction of sp³-hybridized carbons (Fsp3) is 0.909. The van der Waals surface area contributed by atoms with E-state index in [-0.39, 0.29) is 5.41 Å². The molecule has 1 unspecified atom stereocenters. The third-order valence-electron chi connectivity index (χ3n) is 3.04. The van der Waals surface area contributed by atoms with Gasteiger partial charge in [0.15, 0.2) is 0 Å². The Morgan fingerprint density at radius 1 is 1.57 bits per heavy atom. The minimum atomic E-state index is -0.169. The quantitative estimate of drug-likeness (QED) is 0.733. The third-order valence-corrected chi connectivity index (χ3v) is 3.04. The van der Waals surface area contributed by atoms with Crippen molar-refractivity contribution >= 4 is 0 Å². The molecule has 3 heteroatoms. The second-order valence-corrected chi connectivity index (χ2v) is 4.82. The molecule has 14 heavy (non-hydrogen) atoms. The van der Waals surface area contributed by atoms with Gasteiger partial charge in [-0.3, -0.25) is 0 Å². The van der Waals surface area contributed by atoms with E-state index in [1.807, 2.05) is 20.9 Å². The van der Waals surface area contributed by atoms with Gasteiger partial charge < -0.3 is 10.2 Å². The van der Waals surface area contributed by atoms with Gasteiger partial charge in [0.2, 0.25) is 0 Å². The molecule has 3 nitrogen and oxygen atoms in total. The maximum absolute atomic E-state index is 8.89. The molecular formula is C11H21N3. The van der Waals surface area contributed by atoms with Gasteiger partial charge in [0.1, 0.15) is 0 Å². The molecule has 1 saturated heterocycles. The highest BCUT2D eigenvalue weighted by Crippen LogP contribution is 2.20. The SMILES string of the molecule is CNC1CCN(CCC(C)(C)C#N)C1. The second-order valence-electron chi connectivity index (χ2n) is 4.82. The number of nitrogens with one attached hydrogen (secondary N) is 1. The zero-order valence-electron chi connectivity index (χ0n) is 9.51. The van der Waals surface area contributed by atoms with Gasteiger partial charge in [-0.1, -0.05) is 0 Å². The van der Waals surface area contributed by atoms with Crippen molar-refractivity contribution in [3.05, 3.63) is 0 Å². The van der Waals surface area contributed by atoms with Crippen molar-refractivity contribution in [1.82, 2.24) is 10.2 Å². The van der Waals surface area contributed by atoms with Crippen LogP contribution in [0.2, 0.25) is 0 Å². The Hall–Kier alpha value is -0.590. The molecule has 0 bridgehead atoms. The number of likely N-dealkylation sites (N-methyl/N-ethyl adjacent to an activating group) is 1. The molecule has 0 radical (unpaired) electrons. The summed E-state index contributed by atoms with van der Waals surface area (Å²) in [6.07, 6.45) is 2.21. The van der Waals surface area contributed by atoms with Gasteiger partial charge in [-0.15, -0.1) is 0 Å². The highest BCUT2D eigenvalue weighted by Gasteiger charge is 2.23. The van der Waals surface area contributed by atoms with Gasteiger partial charge in [-0.2, -0.15) is 5.26 Å². The Morgan fingerprint density at radius 3 is 2.79 bits per heavy atom. The molecular weight excluding hydrogens is 174 g/mol. The van der Waals surface area contributed by atoms with E-state index < -0.39 is 0 Å². The van der Waals surface area contributed by atoms with Crippen molar-refractivity contribution in [3.8, 4) is 6.07 Å². The van der Waals surface area contributed by atoms with E-state index in [1.165, 1.54) is 13.0 Å². The Labute approximate surface area is 87.1 Å². The molecule has 1 rings (SSSR count). The molecule has 0 aromatic carbocycles. The number of nitrogens with zero attached hydrogens (tertiary/aromatic N) is 2. The summed E-state index contributed by atoms with van der Waals surface area (Å²) in [6.45, 7) is 7.39. The average Bonchev–Trinajstić information content (AvgIpc) is 2.63. The van der Waals surface area contributed by atoms with Gasteiger partial charge in [0, 0.05) is 12.6 Å². The van der Waals surface area contributed by atoms with Gasteiger partial charge in [-0.25, -0.2) is 0 Å². The van der Waals surface area contributed by atoms with Gasteiger partial charge in [0.25, 0.3) is 0 Å². The predicted octanol–water partition coefficient (Wildman–Crippen LogP) is 1.22. The summed E-state index contributed by atoms with van der Waals surface area (Å²) in [6, 6.07) is 3.00. The number of rotatable bonds is 4. The average molecular weight is 195 g/mol. The van der Waals surface area contributed by atoms with Crippen molar-refractivity contribution < 1.29 is 0 Å². The molecule has 1 aliphatic heterocycles. The van der Waals surface area contributed by atoms with E-state index in [4.69, 9.17) is 5.26 Å². The molecule has 1 atom stereocenters. The maximum Gasteiger partial charge on any atom is 0.0684 e. The molecule has 0 aliphatic carbocycles. The van der Waals surface area contributed by atoms with Crippen molar-refractivity contribution in [2.24, 2.45) is 5.41 Å². The lowest BCUT2D eigenvalue weighted by Crippen LogP contribution is -2.31. The standard InChI is InChI=1S/C11H21N3/c1-11(2,9-12)5-7-14-6-4-10(8-14)13-3/h10,13H,4-8H2,1-3H3. The van der Waals surface area contributed by atoms with Crippen LogP contribution in [0.3, 0.4) is 0 Å². The molecule has 1 fully saturated rings. The van der Waals surface area contributed by atoms with Gasteiger partial charge >= 0.3 is 0 Å². The number of likely N-dealkylation sites (tertiary alicyclic amines) is 1. The molecule has 0 saturated carbocycles. The van der Waals surface area contributed by atoms with E-state index in [0.29, 0.717) is 6.04 Å². The molecule has 1 heterocycles. The summed E-state index contributed by atoms with van der Waals surface area (Å²) < 4.78 is 0. The summed E-state index contributed by atoms with van der Waals surface area (Å²) in [4.78, 5) is 2.44. The van der Waals surface area contributed by atoms with Crippen LogP contribution in [0.1, 0.15) is 26.7 Å². The van der Waals surface area contributed by atoms with Crippen molar-refractivity contribution in [3.63, 3.8) is 0 Å². The highest BCUT2D eigenvalue weighted by atomic mass is 15.2. The van der Waals surface area contributed by atoms with Crippen LogP contribution in [0.15, 0.2) is 0 Å². The molecule has 80 valence electrons. The zero-order valence-corrected chi connectivity index (χ0v) is 9.51. The second kappa shape index (κ2) is 4.77. The number of hydrogen-bond donors (Lipinski definition) is 1. The Kier molecular flexibility index (Phi) is 3.91. The fourth-order valence-electron chi connectivity index (χ4n) is 1.76. The largest absolute Gasteiger partial charge is 0.316 e. The first-order valence-corrected chi connectivity index (χ1v) is 5.38. The fourth-order valence-corrected chi connectivity index (χ4v) is 1.76. The summed E-state index contributed by atoms with van der Waals surface area (Å²) in [5.41, 5.74) is -0.169. The molecule has 0 spiro atoms. The van der Waals surface area contributed by atoms with Crippen molar-refractivity contribution in [2.45, 2.75) is 32.7 Å². The summed E-state index contributed by atoms with van der Waals surface area (Å²) in [5, 5.41) is 12.2. The Bertz CT molecular complexity index is 217. The van der Waals surface area contributed by atoms with Crippen LogP contribution in [-0.4, -0.2) is 37.6 Å². The minimum Gasteiger partial charge on any atom is -0.316 e. The lowest BCUT2D eigenvalue weighted by atomic mass is 9.91. The van der Waals surface area contributed by atoms with E-state index in [2.05, 4.69) is 16.3 Å². The van der Waals surface area contributed by atoms with Crippen LogP contribution in [0, 0.1) is 16.7 Å². The molecule has 1 aliphatic rings. The van der Waals surface area contributed by atoms with Crippen LogP contribution < -0.4 is 5.32 Å². The van der Waals surface area contributed by atoms with Crippen LogP contribution in [0.5, 0.6) is 0 Å². The van der Waals surface area contributed by atoms with E-state index in [1.54, 1.807) is 0 Å². The van der Waals surface area contributed by atoms with Gasteiger partial charge in [-0.05, 0) is 46.8 Å². The third kappa shape index (κ3) is 3.28. The normalized spacial score (nSPS) is 23.7. The van der Waals surface area contributed by atoms with Crippen LogP contribution in [0.4, 0.5) is 0 Å². The monoisotopic (exact) mass is 195 g/mol. The van der Waals surface area contributed by atoms with Crippen LogP contribution >= 0.6 is 0 Å². The summed E-state index contributed by atoms with van der Waals surface area (Å²) in [5.74, 6) is 0. The number of nitriles is 1. The predicted molar refractivity (Wildman–Crippen MR) is 57.9 cm³/mol. The first-order valence-electron chi connectivity index (χ1n) is 5.38. The molecule has 0 amide bonds. The summed E-state index contributed by atoms with van der Waals surface area (Å²) >= 11 is 0. The smallest absolute Gasteiger partial charge is 0.0684 e. The van der Waals surface area contributed by atoms with Crippen LogP contribution in [-0.2, 0) is 0 Å². The van der Waals surface area contributed by atoms with E-state index >= 15 is 0 Å². The Balaban J connectivity index is 2.24. The Morgan fingerprint density at radius 2 is 2.29 bits per heavy atom. The van der Waals surface area contributed by atoms with E-state index in [0.717, 1.165) is 19.5 Å². The van der Waals surface area contributed by atoms with Crippen molar-refractivity contribution in [2.75, 3.05) is 26.7 Å². The maximum atomic E-state index is 8.89. The molecule has 1 N–H and O–H groups in total. The van der Waals surface area contributed by atoms with E-state index in [9.17, 15) is 0 Å². The van der Waals surface area contributed by atoms with Crippen LogP contribution in [0.25, 0.3) is 0 Å². The lowest BCUT2D eigenvalue weighted by Gasteiger charge is -2.21.